The average molecular weight is 426 g/mol. The van der Waals surface area contributed by atoms with Crippen LogP contribution in [0.3, 0.4) is 0 Å². The van der Waals surface area contributed by atoms with Gasteiger partial charge in [-0.1, -0.05) is 23.2 Å². The fourth-order valence-corrected chi connectivity index (χ4v) is 3.08. The molecule has 0 aliphatic carbocycles. The molecule has 2 aromatic rings. The third-order valence-electron chi connectivity index (χ3n) is 3.87. The maximum atomic E-state index is 6.21. The summed E-state index contributed by atoms with van der Waals surface area (Å²) in [5.41, 5.74) is 0.857. The van der Waals surface area contributed by atoms with Gasteiger partial charge in [-0.25, -0.2) is 0 Å². The highest BCUT2D eigenvalue weighted by atomic mass is 35.5. The summed E-state index contributed by atoms with van der Waals surface area (Å²) in [6.07, 6.45) is 0. The summed E-state index contributed by atoms with van der Waals surface area (Å²) in [6, 6.07) is 9.32. The Balaban J connectivity index is 0.00000156. The number of nitrogens with zero attached hydrogens (tertiary/aromatic N) is 1. The van der Waals surface area contributed by atoms with Gasteiger partial charge >= 0.3 is 0 Å². The van der Waals surface area contributed by atoms with Crippen LogP contribution < -0.4 is 30.1 Å². The Kier molecular flexibility index (Phi) is 10.2. The van der Waals surface area contributed by atoms with E-state index in [-0.39, 0.29) is 24.8 Å². The zero-order valence-electron chi connectivity index (χ0n) is 13.6. The fraction of sp³-hybridized carbons (Fsp3) is 0.412. The second-order valence-corrected chi connectivity index (χ2v) is 6.36. The quantitative estimate of drug-likeness (QED) is 0.527. The van der Waals surface area contributed by atoms with Gasteiger partial charge in [0.05, 0.1) is 24.8 Å². The smallest absolute Gasteiger partial charge is 0.135 e. The fourth-order valence-electron chi connectivity index (χ4n) is 2.58. The number of halogens is 4. The number of hydrogen-bond acceptors (Lipinski definition) is 4. The number of rotatable bonds is 6. The normalized spacial score (nSPS) is 14.6. The van der Waals surface area contributed by atoms with Gasteiger partial charge in [-0.15, -0.1) is 0 Å². The lowest BCUT2D eigenvalue weighted by molar-refractivity contribution is -0.00100. The second-order valence-electron chi connectivity index (χ2n) is 5.52. The van der Waals surface area contributed by atoms with Crippen molar-refractivity contribution in [2.75, 3.05) is 39.4 Å². The lowest BCUT2D eigenvalue weighted by atomic mass is 10.2. The Hall–Kier alpha value is -0.460. The molecule has 0 amide bonds. The second kappa shape index (κ2) is 11.3. The Bertz CT molecular complexity index is 645. The highest BCUT2D eigenvalue weighted by Gasteiger charge is 2.11. The molecule has 0 bridgehead atoms. The van der Waals surface area contributed by atoms with Crippen molar-refractivity contribution in [3.05, 3.63) is 46.1 Å². The highest BCUT2D eigenvalue weighted by Crippen LogP contribution is 2.31. The highest BCUT2D eigenvalue weighted by molar-refractivity contribution is 6.36. The minimum atomic E-state index is 0. The average Bonchev–Trinajstić information content (AvgIpc) is 3.01. The van der Waals surface area contributed by atoms with E-state index in [1.807, 2.05) is 24.3 Å². The van der Waals surface area contributed by atoms with E-state index in [1.54, 1.807) is 6.07 Å². The summed E-state index contributed by atoms with van der Waals surface area (Å²) in [4.78, 5) is 2.40. The monoisotopic (exact) mass is 424 g/mol. The first kappa shape index (κ1) is 22.6. The number of furan rings is 1. The molecule has 0 radical (unpaired) electrons. The maximum absolute atomic E-state index is 6.21. The molecule has 0 unspecified atom stereocenters. The Labute approximate surface area is 170 Å². The molecule has 2 heterocycles. The van der Waals surface area contributed by atoms with Gasteiger partial charge < -0.3 is 39.3 Å². The number of hydrogen-bond donors (Lipinski definition) is 1. The van der Waals surface area contributed by atoms with Gasteiger partial charge in [-0.2, -0.15) is 0 Å². The summed E-state index contributed by atoms with van der Waals surface area (Å²) in [5, 5.41) is 4.62. The van der Waals surface area contributed by atoms with Crippen LogP contribution in [0, 0.1) is 0 Å². The molecule has 1 fully saturated rings. The summed E-state index contributed by atoms with van der Waals surface area (Å²) in [7, 11) is 0. The molecule has 3 rings (SSSR count). The minimum Gasteiger partial charge on any atom is -1.00 e. The maximum Gasteiger partial charge on any atom is 0.135 e. The van der Waals surface area contributed by atoms with Gasteiger partial charge in [0.2, 0.25) is 0 Å². The minimum absolute atomic E-state index is 0. The zero-order valence-corrected chi connectivity index (χ0v) is 16.6. The summed E-state index contributed by atoms with van der Waals surface area (Å²) in [6.45, 7) is 6.36. The molecule has 0 spiro atoms. The number of benzene rings is 1. The summed E-state index contributed by atoms with van der Waals surface area (Å²) in [5.74, 6) is 1.66. The zero-order chi connectivity index (χ0) is 16.1. The van der Waals surface area contributed by atoms with Gasteiger partial charge in [0.1, 0.15) is 11.5 Å². The molecule has 1 aromatic carbocycles. The van der Waals surface area contributed by atoms with Crippen molar-refractivity contribution >= 4 is 23.2 Å². The molecule has 0 saturated carbocycles. The molecule has 1 aliphatic rings. The number of nitrogens with one attached hydrogen (secondary N) is 1. The van der Waals surface area contributed by atoms with E-state index in [9.17, 15) is 0 Å². The van der Waals surface area contributed by atoms with Crippen LogP contribution in [0.1, 0.15) is 5.76 Å². The predicted molar refractivity (Wildman–Crippen MR) is 93.1 cm³/mol. The van der Waals surface area contributed by atoms with Gasteiger partial charge in [-0.05, 0) is 30.3 Å². The van der Waals surface area contributed by atoms with E-state index >= 15 is 0 Å². The first-order valence-electron chi connectivity index (χ1n) is 7.77. The molecule has 1 N–H and O–H groups in total. The molecule has 140 valence electrons. The van der Waals surface area contributed by atoms with Crippen molar-refractivity contribution in [2.45, 2.75) is 6.54 Å². The molecule has 4 nitrogen and oxygen atoms in total. The molecule has 1 aliphatic heterocycles. The standard InChI is InChI=1S/C17H20Cl2N2O2.2ClH/c18-13-1-3-15(16(19)11-13)17-4-2-14(23-17)12-20-5-6-21-7-9-22-10-8-21;;/h1-4,11,20H,5-10,12H2;2*1H/p-2. The van der Waals surface area contributed by atoms with Gasteiger partial charge in [0.15, 0.2) is 0 Å². The van der Waals surface area contributed by atoms with Crippen LogP contribution in [-0.2, 0) is 11.3 Å². The van der Waals surface area contributed by atoms with Gasteiger partial charge in [0, 0.05) is 36.8 Å². The van der Waals surface area contributed by atoms with E-state index in [0.29, 0.717) is 16.6 Å². The molecule has 1 saturated heterocycles. The SMILES string of the molecule is Clc1ccc(-c2ccc(CNCCN3CCOCC3)o2)c(Cl)c1.[Cl-].[Cl-]. The third-order valence-corrected chi connectivity index (χ3v) is 4.41. The predicted octanol–water partition coefficient (Wildman–Crippen LogP) is -2.32. The van der Waals surface area contributed by atoms with Crippen LogP contribution in [0.5, 0.6) is 0 Å². The van der Waals surface area contributed by atoms with E-state index in [2.05, 4.69) is 10.2 Å². The molecular weight excluding hydrogens is 406 g/mol. The first-order chi connectivity index (χ1) is 11.2. The summed E-state index contributed by atoms with van der Waals surface area (Å²) < 4.78 is 11.2. The lowest BCUT2D eigenvalue weighted by Gasteiger charge is -2.26. The molecule has 1 aromatic heterocycles. The Morgan fingerprint density at radius 2 is 1.80 bits per heavy atom. The van der Waals surface area contributed by atoms with Gasteiger partial charge in [0.25, 0.3) is 0 Å². The van der Waals surface area contributed by atoms with Crippen LogP contribution in [0.25, 0.3) is 11.3 Å². The molecular formula is C17H20Cl4N2O2-2. The molecule has 25 heavy (non-hydrogen) atoms. The van der Waals surface area contributed by atoms with Crippen molar-refractivity contribution in [2.24, 2.45) is 0 Å². The third kappa shape index (κ3) is 6.65. The van der Waals surface area contributed by atoms with E-state index in [4.69, 9.17) is 32.4 Å². The van der Waals surface area contributed by atoms with Crippen LogP contribution in [0.2, 0.25) is 10.0 Å². The van der Waals surface area contributed by atoms with Crippen LogP contribution >= 0.6 is 23.2 Å². The Morgan fingerprint density at radius 3 is 2.52 bits per heavy atom. The topological polar surface area (TPSA) is 37.6 Å². The Morgan fingerprint density at radius 1 is 1.04 bits per heavy atom. The first-order valence-corrected chi connectivity index (χ1v) is 8.53. The molecule has 0 atom stereocenters. The van der Waals surface area contributed by atoms with Crippen molar-refractivity contribution in [1.82, 2.24) is 10.2 Å². The molecule has 8 heteroatoms. The summed E-state index contributed by atoms with van der Waals surface area (Å²) >= 11 is 12.1. The largest absolute Gasteiger partial charge is 1.00 e. The van der Waals surface area contributed by atoms with E-state index < -0.39 is 0 Å². The van der Waals surface area contributed by atoms with Crippen LogP contribution in [0.15, 0.2) is 34.7 Å². The van der Waals surface area contributed by atoms with Crippen molar-refractivity contribution in [3.8, 4) is 11.3 Å². The van der Waals surface area contributed by atoms with Crippen molar-refractivity contribution in [3.63, 3.8) is 0 Å². The van der Waals surface area contributed by atoms with Gasteiger partial charge in [-0.3, -0.25) is 4.90 Å². The van der Waals surface area contributed by atoms with Crippen molar-refractivity contribution < 1.29 is 34.0 Å². The lowest BCUT2D eigenvalue weighted by Crippen LogP contribution is -3.00. The van der Waals surface area contributed by atoms with E-state index in [1.165, 1.54) is 0 Å². The number of ether oxygens (including phenoxy) is 1. The van der Waals surface area contributed by atoms with Crippen molar-refractivity contribution in [1.29, 1.82) is 0 Å². The van der Waals surface area contributed by atoms with E-state index in [0.717, 1.165) is 56.5 Å². The number of morpholine rings is 1. The van der Waals surface area contributed by atoms with Crippen LogP contribution in [-0.4, -0.2) is 44.3 Å². The van der Waals surface area contributed by atoms with Crippen LogP contribution in [0.4, 0.5) is 0 Å².